The summed E-state index contributed by atoms with van der Waals surface area (Å²) in [6.07, 6.45) is 3.38. The van der Waals surface area contributed by atoms with Gasteiger partial charge in [0.25, 0.3) is 0 Å². The fourth-order valence-corrected chi connectivity index (χ4v) is 2.29. The Morgan fingerprint density at radius 1 is 1.26 bits per heavy atom. The minimum Gasteiger partial charge on any atom is -0.444 e. The number of nitrogens with one attached hydrogen (secondary N) is 2. The van der Waals surface area contributed by atoms with Crippen molar-refractivity contribution in [3.8, 4) is 0 Å². The van der Waals surface area contributed by atoms with E-state index in [1.807, 2.05) is 45.9 Å². The fraction of sp³-hybridized carbons (Fsp3) is 0.471. The molecular weight excluding hydrogens is 335 g/mol. The Balaban J connectivity index is 2.31. The molecule has 4 nitrogen and oxygen atoms in total. The summed E-state index contributed by atoms with van der Waals surface area (Å²) in [5, 5.41) is 7.33. The monoisotopic (exact) mass is 358 g/mol. The van der Waals surface area contributed by atoms with Crippen LogP contribution < -0.4 is 10.6 Å². The van der Waals surface area contributed by atoms with Gasteiger partial charge in [-0.05, 0) is 51.5 Å². The molecule has 0 saturated heterocycles. The summed E-state index contributed by atoms with van der Waals surface area (Å²) in [6, 6.07) is 5.49. The molecule has 6 heteroatoms. The van der Waals surface area contributed by atoms with Crippen LogP contribution in [0.25, 0.3) is 0 Å². The number of ether oxygens (including phenoxy) is 1. The maximum atomic E-state index is 11.4. The van der Waals surface area contributed by atoms with Crippen LogP contribution in [0.15, 0.2) is 30.4 Å². The number of hydrogen-bond acceptors (Lipinski definition) is 3. The van der Waals surface area contributed by atoms with Gasteiger partial charge in [0.15, 0.2) is 0 Å². The van der Waals surface area contributed by atoms with Crippen LogP contribution >= 0.6 is 23.2 Å². The molecule has 128 valence electrons. The highest BCUT2D eigenvalue weighted by Crippen LogP contribution is 2.25. The van der Waals surface area contributed by atoms with E-state index in [4.69, 9.17) is 27.9 Å². The first-order valence-electron chi connectivity index (χ1n) is 7.49. The van der Waals surface area contributed by atoms with Crippen molar-refractivity contribution < 1.29 is 9.53 Å². The third-order valence-electron chi connectivity index (χ3n) is 2.90. The normalized spacial score (nSPS) is 13.1. The first kappa shape index (κ1) is 19.8. The van der Waals surface area contributed by atoms with Crippen LogP contribution in [0.1, 0.15) is 39.3 Å². The molecule has 0 aliphatic carbocycles. The zero-order valence-electron chi connectivity index (χ0n) is 14.0. The van der Waals surface area contributed by atoms with Gasteiger partial charge in [-0.15, -0.1) is 0 Å². The van der Waals surface area contributed by atoms with Gasteiger partial charge in [-0.3, -0.25) is 0 Å². The summed E-state index contributed by atoms with van der Waals surface area (Å²) in [5.74, 6) is 0. The van der Waals surface area contributed by atoms with Crippen molar-refractivity contribution in [3.63, 3.8) is 0 Å². The van der Waals surface area contributed by atoms with Crippen molar-refractivity contribution in [2.24, 2.45) is 0 Å². The van der Waals surface area contributed by atoms with Crippen LogP contribution in [0.3, 0.4) is 0 Å². The molecule has 23 heavy (non-hydrogen) atoms. The third kappa shape index (κ3) is 8.26. The largest absolute Gasteiger partial charge is 0.444 e. The number of carbonyl (C=O) groups excluding carboxylic acids is 1. The Kier molecular flexibility index (Phi) is 7.89. The second-order valence-corrected chi connectivity index (χ2v) is 6.99. The highest BCUT2D eigenvalue weighted by molar-refractivity contribution is 6.33. The molecule has 2 N–H and O–H groups in total. The van der Waals surface area contributed by atoms with Gasteiger partial charge in [0.2, 0.25) is 0 Å². The minimum atomic E-state index is -0.485. The van der Waals surface area contributed by atoms with E-state index in [2.05, 4.69) is 10.6 Å². The number of benzene rings is 1. The van der Waals surface area contributed by atoms with Crippen molar-refractivity contribution in [1.29, 1.82) is 0 Å². The second-order valence-electron chi connectivity index (χ2n) is 6.15. The van der Waals surface area contributed by atoms with E-state index < -0.39 is 11.7 Å². The fourth-order valence-electron chi connectivity index (χ4n) is 1.82. The van der Waals surface area contributed by atoms with E-state index in [1.165, 1.54) is 0 Å². The Bertz CT molecular complexity index is 554. The molecule has 0 aliphatic heterocycles. The molecule has 0 saturated carbocycles. The van der Waals surface area contributed by atoms with E-state index >= 15 is 0 Å². The first-order chi connectivity index (χ1) is 10.7. The number of rotatable bonds is 6. The maximum Gasteiger partial charge on any atom is 0.407 e. The maximum absolute atomic E-state index is 11.4. The van der Waals surface area contributed by atoms with Crippen molar-refractivity contribution >= 4 is 29.3 Å². The molecule has 1 atom stereocenters. The molecule has 0 radical (unpaired) electrons. The zero-order chi connectivity index (χ0) is 17.5. The van der Waals surface area contributed by atoms with Crippen molar-refractivity contribution in [1.82, 2.24) is 10.6 Å². The van der Waals surface area contributed by atoms with Crippen molar-refractivity contribution in [2.75, 3.05) is 13.1 Å². The first-order valence-corrected chi connectivity index (χ1v) is 8.25. The lowest BCUT2D eigenvalue weighted by molar-refractivity contribution is 0.0534. The molecule has 0 heterocycles. The summed E-state index contributed by atoms with van der Waals surface area (Å²) >= 11 is 12.1. The van der Waals surface area contributed by atoms with E-state index in [9.17, 15) is 4.79 Å². The Morgan fingerprint density at radius 2 is 1.91 bits per heavy atom. The third-order valence-corrected chi connectivity index (χ3v) is 3.48. The molecule has 1 unspecified atom stereocenters. The molecule has 1 aromatic carbocycles. The average molecular weight is 359 g/mol. The highest BCUT2D eigenvalue weighted by atomic mass is 35.5. The van der Waals surface area contributed by atoms with Gasteiger partial charge < -0.3 is 15.4 Å². The van der Waals surface area contributed by atoms with E-state index in [1.54, 1.807) is 12.1 Å². The van der Waals surface area contributed by atoms with Gasteiger partial charge in [-0.2, -0.15) is 0 Å². The SMILES string of the molecule is CC(NC/C=C/CNC(=O)OC(C)(C)C)c1cc(Cl)ccc1Cl. The lowest BCUT2D eigenvalue weighted by Gasteiger charge is -2.19. The van der Waals surface area contributed by atoms with Crippen LogP contribution in [0.2, 0.25) is 10.0 Å². The van der Waals surface area contributed by atoms with Gasteiger partial charge in [0, 0.05) is 29.2 Å². The van der Waals surface area contributed by atoms with Gasteiger partial charge in [-0.25, -0.2) is 4.79 Å². The van der Waals surface area contributed by atoms with Gasteiger partial charge in [-0.1, -0.05) is 35.4 Å². The van der Waals surface area contributed by atoms with Crippen molar-refractivity contribution in [2.45, 2.75) is 39.3 Å². The Labute approximate surface area is 148 Å². The molecule has 0 aromatic heterocycles. The lowest BCUT2D eigenvalue weighted by atomic mass is 10.1. The lowest BCUT2D eigenvalue weighted by Crippen LogP contribution is -2.32. The minimum absolute atomic E-state index is 0.0738. The zero-order valence-corrected chi connectivity index (χ0v) is 15.5. The number of halogens is 2. The predicted molar refractivity (Wildman–Crippen MR) is 96.3 cm³/mol. The summed E-state index contributed by atoms with van der Waals surface area (Å²) in [6.45, 7) is 8.57. The molecule has 0 spiro atoms. The molecule has 0 fully saturated rings. The predicted octanol–water partition coefficient (Wildman–Crippen LogP) is 4.72. The molecule has 0 aliphatic rings. The van der Waals surface area contributed by atoms with Crippen LogP contribution in [-0.4, -0.2) is 24.8 Å². The van der Waals surface area contributed by atoms with E-state index in [0.717, 1.165) is 5.56 Å². The van der Waals surface area contributed by atoms with Crippen LogP contribution in [0.5, 0.6) is 0 Å². The molecule has 0 bridgehead atoms. The molecule has 1 rings (SSSR count). The summed E-state index contributed by atoms with van der Waals surface area (Å²) in [5.41, 5.74) is 0.473. The number of amides is 1. The van der Waals surface area contributed by atoms with Crippen LogP contribution in [0, 0.1) is 0 Å². The number of carbonyl (C=O) groups is 1. The van der Waals surface area contributed by atoms with Gasteiger partial charge in [0.05, 0.1) is 0 Å². The standard InChI is InChI=1S/C17H24Cl2N2O2/c1-12(14-11-13(18)7-8-15(14)19)20-9-5-6-10-21-16(22)23-17(2,3)4/h5-8,11-12,20H,9-10H2,1-4H3,(H,21,22)/b6-5+. The van der Waals surface area contributed by atoms with E-state index in [0.29, 0.717) is 23.1 Å². The van der Waals surface area contributed by atoms with Crippen molar-refractivity contribution in [3.05, 3.63) is 46.0 Å². The second kappa shape index (κ2) is 9.16. The van der Waals surface area contributed by atoms with Crippen LogP contribution in [-0.2, 0) is 4.74 Å². The van der Waals surface area contributed by atoms with E-state index in [-0.39, 0.29) is 6.04 Å². The Hall–Kier alpha value is -1.23. The summed E-state index contributed by atoms with van der Waals surface area (Å²) in [7, 11) is 0. The van der Waals surface area contributed by atoms with Gasteiger partial charge >= 0.3 is 6.09 Å². The number of hydrogen-bond donors (Lipinski definition) is 2. The quantitative estimate of drug-likeness (QED) is 0.723. The summed E-state index contributed by atoms with van der Waals surface area (Å²) < 4.78 is 5.14. The average Bonchev–Trinajstić information content (AvgIpc) is 2.43. The topological polar surface area (TPSA) is 50.4 Å². The highest BCUT2D eigenvalue weighted by Gasteiger charge is 2.15. The molecule has 1 aromatic rings. The van der Waals surface area contributed by atoms with Gasteiger partial charge in [0.1, 0.15) is 5.60 Å². The summed E-state index contributed by atoms with van der Waals surface area (Å²) in [4.78, 5) is 11.4. The molecule has 1 amide bonds. The number of alkyl carbamates (subject to hydrolysis) is 1. The van der Waals surface area contributed by atoms with Crippen LogP contribution in [0.4, 0.5) is 4.79 Å². The Morgan fingerprint density at radius 3 is 2.57 bits per heavy atom. The molecular formula is C17H24Cl2N2O2. The smallest absolute Gasteiger partial charge is 0.407 e.